The highest BCUT2D eigenvalue weighted by Gasteiger charge is 2.31. The molecule has 1 saturated heterocycles. The molecule has 0 spiro atoms. The monoisotopic (exact) mass is 225 g/mol. The Morgan fingerprint density at radius 3 is 2.60 bits per heavy atom. The highest BCUT2D eigenvalue weighted by molar-refractivity contribution is 7.10. The van der Waals surface area contributed by atoms with Gasteiger partial charge in [-0.25, -0.2) is 4.98 Å². The number of aromatic nitrogens is 2. The number of amides is 1. The SMILES string of the molecule is CC(C)c1nsc(N2CC(=O)CC2=O)n1. The zero-order valence-corrected chi connectivity index (χ0v) is 9.37. The Kier molecular flexibility index (Phi) is 2.52. The lowest BCUT2D eigenvalue weighted by Gasteiger charge is -2.08. The van der Waals surface area contributed by atoms with E-state index < -0.39 is 0 Å². The van der Waals surface area contributed by atoms with Crippen LogP contribution < -0.4 is 4.90 Å². The average Bonchev–Trinajstić information content (AvgIpc) is 2.71. The molecule has 1 fully saturated rings. The third-order valence-corrected chi connectivity index (χ3v) is 2.92. The summed E-state index contributed by atoms with van der Waals surface area (Å²) in [7, 11) is 0. The molecular weight excluding hydrogens is 214 g/mol. The van der Waals surface area contributed by atoms with Gasteiger partial charge in [-0.3, -0.25) is 14.5 Å². The van der Waals surface area contributed by atoms with E-state index in [1.54, 1.807) is 0 Å². The molecule has 15 heavy (non-hydrogen) atoms. The quantitative estimate of drug-likeness (QED) is 0.703. The Labute approximate surface area is 91.3 Å². The zero-order valence-electron chi connectivity index (χ0n) is 8.56. The number of carbonyl (C=O) groups excluding carboxylic acids is 2. The van der Waals surface area contributed by atoms with E-state index in [2.05, 4.69) is 9.36 Å². The van der Waals surface area contributed by atoms with Crippen molar-refractivity contribution in [3.8, 4) is 0 Å². The van der Waals surface area contributed by atoms with Crippen molar-refractivity contribution in [2.45, 2.75) is 26.2 Å². The van der Waals surface area contributed by atoms with Gasteiger partial charge in [0.05, 0.1) is 13.0 Å². The van der Waals surface area contributed by atoms with E-state index in [1.165, 1.54) is 16.4 Å². The van der Waals surface area contributed by atoms with Crippen LogP contribution in [0.15, 0.2) is 0 Å². The summed E-state index contributed by atoms with van der Waals surface area (Å²) in [6.45, 7) is 4.12. The molecule has 0 atom stereocenters. The molecule has 0 radical (unpaired) electrons. The molecule has 2 heterocycles. The Balaban J connectivity index is 2.23. The summed E-state index contributed by atoms with van der Waals surface area (Å²) in [4.78, 5) is 28.1. The van der Waals surface area contributed by atoms with Crippen LogP contribution in [0.3, 0.4) is 0 Å². The second-order valence-corrected chi connectivity index (χ2v) is 4.52. The largest absolute Gasteiger partial charge is 0.297 e. The van der Waals surface area contributed by atoms with Gasteiger partial charge in [0.1, 0.15) is 5.82 Å². The van der Waals surface area contributed by atoms with E-state index in [1.807, 2.05) is 13.8 Å². The third-order valence-electron chi connectivity index (χ3n) is 2.16. The van der Waals surface area contributed by atoms with E-state index in [9.17, 15) is 9.59 Å². The maximum atomic E-state index is 11.4. The Hall–Kier alpha value is -1.30. The molecule has 0 bridgehead atoms. The summed E-state index contributed by atoms with van der Waals surface area (Å²) in [5.74, 6) is 0.735. The maximum Gasteiger partial charge on any atom is 0.236 e. The predicted octanol–water partition coefficient (Wildman–Crippen LogP) is 0.967. The van der Waals surface area contributed by atoms with Crippen molar-refractivity contribution in [2.75, 3.05) is 11.4 Å². The molecule has 0 N–H and O–H groups in total. The summed E-state index contributed by atoms with van der Waals surface area (Å²) < 4.78 is 4.15. The number of rotatable bonds is 2. The predicted molar refractivity (Wildman–Crippen MR) is 56.0 cm³/mol. The van der Waals surface area contributed by atoms with Gasteiger partial charge in [0.25, 0.3) is 0 Å². The lowest BCUT2D eigenvalue weighted by molar-refractivity contribution is -0.121. The zero-order chi connectivity index (χ0) is 11.0. The lowest BCUT2D eigenvalue weighted by Crippen LogP contribution is -2.24. The van der Waals surface area contributed by atoms with Gasteiger partial charge in [-0.05, 0) is 0 Å². The fraction of sp³-hybridized carbons (Fsp3) is 0.556. The van der Waals surface area contributed by atoms with Crippen LogP contribution in [-0.4, -0.2) is 27.6 Å². The summed E-state index contributed by atoms with van der Waals surface area (Å²) in [6.07, 6.45) is -0.00338. The second kappa shape index (κ2) is 3.69. The summed E-state index contributed by atoms with van der Waals surface area (Å²) in [6, 6.07) is 0. The topological polar surface area (TPSA) is 63.2 Å². The maximum absolute atomic E-state index is 11.4. The number of Topliss-reactive ketones (excluding diaryl/α,β-unsaturated/α-hetero) is 1. The molecule has 80 valence electrons. The summed E-state index contributed by atoms with van der Waals surface area (Å²) >= 11 is 1.17. The Bertz CT molecular complexity index is 413. The van der Waals surface area contributed by atoms with Crippen LogP contribution in [0.1, 0.15) is 32.0 Å². The molecule has 0 unspecified atom stereocenters. The van der Waals surface area contributed by atoms with E-state index in [0.717, 1.165) is 5.82 Å². The van der Waals surface area contributed by atoms with Gasteiger partial charge >= 0.3 is 0 Å². The Morgan fingerprint density at radius 2 is 2.13 bits per heavy atom. The minimum Gasteiger partial charge on any atom is -0.297 e. The number of ketones is 1. The normalized spacial score (nSPS) is 16.9. The molecule has 6 heteroatoms. The fourth-order valence-corrected chi connectivity index (χ4v) is 2.16. The van der Waals surface area contributed by atoms with Crippen LogP contribution in [-0.2, 0) is 9.59 Å². The minimum atomic E-state index is -0.175. The number of carbonyl (C=O) groups is 2. The van der Waals surface area contributed by atoms with E-state index in [4.69, 9.17) is 0 Å². The van der Waals surface area contributed by atoms with Crippen molar-refractivity contribution in [2.24, 2.45) is 0 Å². The van der Waals surface area contributed by atoms with Gasteiger partial charge in [-0.1, -0.05) is 13.8 Å². The molecule has 0 aliphatic carbocycles. The highest BCUT2D eigenvalue weighted by Crippen LogP contribution is 2.24. The fourth-order valence-electron chi connectivity index (χ4n) is 1.33. The van der Waals surface area contributed by atoms with Gasteiger partial charge in [0.2, 0.25) is 11.0 Å². The van der Waals surface area contributed by atoms with Crippen molar-refractivity contribution in [1.82, 2.24) is 9.36 Å². The van der Waals surface area contributed by atoms with E-state index in [-0.39, 0.29) is 30.6 Å². The molecule has 1 amide bonds. The van der Waals surface area contributed by atoms with Gasteiger partial charge in [-0.2, -0.15) is 4.37 Å². The smallest absolute Gasteiger partial charge is 0.236 e. The van der Waals surface area contributed by atoms with Crippen molar-refractivity contribution in [3.63, 3.8) is 0 Å². The standard InChI is InChI=1S/C9H11N3O2S/c1-5(2)8-10-9(15-11-8)12-4-6(13)3-7(12)14/h5H,3-4H2,1-2H3. The van der Waals surface area contributed by atoms with Crippen LogP contribution in [0.5, 0.6) is 0 Å². The number of nitrogens with zero attached hydrogens (tertiary/aromatic N) is 3. The minimum absolute atomic E-state index is 0.00338. The van der Waals surface area contributed by atoms with Gasteiger partial charge < -0.3 is 0 Å². The first-order chi connectivity index (χ1) is 7.08. The van der Waals surface area contributed by atoms with Crippen LogP contribution in [0.25, 0.3) is 0 Å². The Morgan fingerprint density at radius 1 is 1.40 bits per heavy atom. The molecule has 1 aromatic rings. The second-order valence-electron chi connectivity index (χ2n) is 3.79. The van der Waals surface area contributed by atoms with Crippen molar-refractivity contribution < 1.29 is 9.59 Å². The van der Waals surface area contributed by atoms with Crippen molar-refractivity contribution in [1.29, 1.82) is 0 Å². The van der Waals surface area contributed by atoms with Gasteiger partial charge in [0.15, 0.2) is 5.78 Å². The van der Waals surface area contributed by atoms with Crippen LogP contribution in [0, 0.1) is 0 Å². The number of hydrogen-bond acceptors (Lipinski definition) is 5. The number of hydrogen-bond donors (Lipinski definition) is 0. The van der Waals surface area contributed by atoms with Crippen molar-refractivity contribution in [3.05, 3.63) is 5.82 Å². The molecular formula is C9H11N3O2S. The molecule has 1 aliphatic heterocycles. The third kappa shape index (κ3) is 1.90. The number of anilines is 1. The summed E-state index contributed by atoms with van der Waals surface area (Å²) in [5.41, 5.74) is 0. The van der Waals surface area contributed by atoms with E-state index in [0.29, 0.717) is 5.13 Å². The lowest BCUT2D eigenvalue weighted by atomic mass is 10.2. The van der Waals surface area contributed by atoms with Gasteiger partial charge in [0, 0.05) is 17.5 Å². The highest BCUT2D eigenvalue weighted by atomic mass is 32.1. The molecule has 5 nitrogen and oxygen atoms in total. The average molecular weight is 225 g/mol. The first-order valence-corrected chi connectivity index (χ1v) is 5.51. The van der Waals surface area contributed by atoms with Crippen LogP contribution >= 0.6 is 11.5 Å². The molecule has 2 rings (SSSR count). The van der Waals surface area contributed by atoms with Crippen molar-refractivity contribution >= 4 is 28.4 Å². The van der Waals surface area contributed by atoms with Crippen LogP contribution in [0.2, 0.25) is 0 Å². The molecule has 0 aromatic carbocycles. The summed E-state index contributed by atoms with van der Waals surface area (Å²) in [5, 5.41) is 0.537. The molecule has 1 aliphatic rings. The molecule has 0 saturated carbocycles. The molecule has 1 aromatic heterocycles. The van der Waals surface area contributed by atoms with Gasteiger partial charge in [-0.15, -0.1) is 0 Å². The first-order valence-electron chi connectivity index (χ1n) is 4.73. The first kappa shape index (κ1) is 10.2. The van der Waals surface area contributed by atoms with E-state index >= 15 is 0 Å². The van der Waals surface area contributed by atoms with Crippen LogP contribution in [0.4, 0.5) is 5.13 Å².